The normalized spacial score (nSPS) is 24.1. The Morgan fingerprint density at radius 2 is 2.15 bits per heavy atom. The Kier molecular flexibility index (Phi) is 13.7. The Hall–Kier alpha value is -0.120. The van der Waals surface area contributed by atoms with E-state index in [0.717, 1.165) is 64.2 Å². The van der Waals surface area contributed by atoms with E-state index in [1.54, 1.807) is 0 Å². The minimum Gasteiger partial charge on any atom is -0.379 e. The molecule has 160 valence electrons. The van der Waals surface area contributed by atoms with E-state index >= 15 is 0 Å². The lowest BCUT2D eigenvalue weighted by Crippen LogP contribution is -2.41. The number of guanidine groups is 1. The fraction of sp³-hybridized carbons (Fsp3) is 0.950. The standard InChI is InChI=1S/C20H40N4O2.HI/c1-4-21-20(22-9-6-11-26-19-8-12-25-16-19)23-13-18-7-5-10-24(15-18)14-17(2)3;/h17-19H,4-16H2,1-3H3,(H2,21,22,23);1H. The van der Waals surface area contributed by atoms with Crippen molar-refractivity contribution >= 4 is 29.9 Å². The first-order valence-corrected chi connectivity index (χ1v) is 10.6. The highest BCUT2D eigenvalue weighted by Gasteiger charge is 2.20. The first kappa shape index (κ1) is 24.9. The topological polar surface area (TPSA) is 58.1 Å². The molecule has 2 fully saturated rings. The molecule has 0 aromatic heterocycles. The van der Waals surface area contributed by atoms with E-state index in [1.165, 1.54) is 32.5 Å². The van der Waals surface area contributed by atoms with Crippen molar-refractivity contribution in [2.75, 3.05) is 59.1 Å². The van der Waals surface area contributed by atoms with E-state index in [2.05, 4.69) is 36.3 Å². The van der Waals surface area contributed by atoms with Crippen molar-refractivity contribution in [1.29, 1.82) is 0 Å². The number of rotatable bonds is 10. The molecule has 6 nitrogen and oxygen atoms in total. The maximum Gasteiger partial charge on any atom is 0.191 e. The van der Waals surface area contributed by atoms with Crippen LogP contribution in [0.4, 0.5) is 0 Å². The number of hydrogen-bond donors (Lipinski definition) is 2. The van der Waals surface area contributed by atoms with Gasteiger partial charge in [0.25, 0.3) is 0 Å². The van der Waals surface area contributed by atoms with Crippen LogP contribution in [0.15, 0.2) is 4.99 Å². The van der Waals surface area contributed by atoms with Gasteiger partial charge in [-0.15, -0.1) is 24.0 Å². The van der Waals surface area contributed by atoms with Gasteiger partial charge in [0.2, 0.25) is 0 Å². The number of nitrogens with zero attached hydrogens (tertiary/aromatic N) is 2. The highest BCUT2D eigenvalue weighted by molar-refractivity contribution is 14.0. The molecule has 0 amide bonds. The minimum absolute atomic E-state index is 0. The Morgan fingerprint density at radius 3 is 2.85 bits per heavy atom. The lowest BCUT2D eigenvalue weighted by Gasteiger charge is -2.33. The summed E-state index contributed by atoms with van der Waals surface area (Å²) in [4.78, 5) is 7.44. The fourth-order valence-electron chi connectivity index (χ4n) is 3.72. The quantitative estimate of drug-likeness (QED) is 0.211. The van der Waals surface area contributed by atoms with E-state index in [9.17, 15) is 0 Å². The zero-order valence-corrected chi connectivity index (χ0v) is 19.9. The molecule has 7 heteroatoms. The van der Waals surface area contributed by atoms with Crippen molar-refractivity contribution in [2.24, 2.45) is 16.8 Å². The van der Waals surface area contributed by atoms with Crippen LogP contribution >= 0.6 is 24.0 Å². The summed E-state index contributed by atoms with van der Waals surface area (Å²) in [6.07, 6.45) is 4.93. The number of piperidine rings is 1. The Bertz CT molecular complexity index is 403. The molecule has 2 atom stereocenters. The highest BCUT2D eigenvalue weighted by atomic mass is 127. The highest BCUT2D eigenvalue weighted by Crippen LogP contribution is 2.17. The van der Waals surface area contributed by atoms with Crippen molar-refractivity contribution in [3.63, 3.8) is 0 Å². The van der Waals surface area contributed by atoms with Crippen molar-refractivity contribution in [3.05, 3.63) is 0 Å². The van der Waals surface area contributed by atoms with Gasteiger partial charge < -0.3 is 25.0 Å². The van der Waals surface area contributed by atoms with Gasteiger partial charge in [0, 0.05) is 45.9 Å². The summed E-state index contributed by atoms with van der Waals surface area (Å²) in [5.74, 6) is 2.37. The molecule has 0 aliphatic carbocycles. The zero-order valence-electron chi connectivity index (χ0n) is 17.5. The molecule has 0 saturated carbocycles. The largest absolute Gasteiger partial charge is 0.379 e. The van der Waals surface area contributed by atoms with Gasteiger partial charge >= 0.3 is 0 Å². The summed E-state index contributed by atoms with van der Waals surface area (Å²) in [6.45, 7) is 15.5. The number of likely N-dealkylation sites (tertiary alicyclic amines) is 1. The Balaban J connectivity index is 0.00000364. The van der Waals surface area contributed by atoms with Gasteiger partial charge in [-0.25, -0.2) is 0 Å². The molecule has 0 bridgehead atoms. The predicted molar refractivity (Wildman–Crippen MR) is 123 cm³/mol. The van der Waals surface area contributed by atoms with Crippen molar-refractivity contribution in [2.45, 2.75) is 52.6 Å². The molecule has 27 heavy (non-hydrogen) atoms. The van der Waals surface area contributed by atoms with Gasteiger partial charge in [0.15, 0.2) is 5.96 Å². The third kappa shape index (κ3) is 10.9. The van der Waals surface area contributed by atoms with E-state index in [-0.39, 0.29) is 24.0 Å². The SMILES string of the molecule is CCNC(=NCC1CCCN(CC(C)C)C1)NCCCOC1CCOC1.I. The lowest BCUT2D eigenvalue weighted by atomic mass is 9.97. The van der Waals surface area contributed by atoms with Gasteiger partial charge in [-0.3, -0.25) is 4.99 Å². The zero-order chi connectivity index (χ0) is 18.6. The van der Waals surface area contributed by atoms with Crippen LogP contribution < -0.4 is 10.6 Å². The van der Waals surface area contributed by atoms with E-state index < -0.39 is 0 Å². The second-order valence-corrected chi connectivity index (χ2v) is 8.02. The third-order valence-corrected chi connectivity index (χ3v) is 4.93. The van der Waals surface area contributed by atoms with Crippen molar-refractivity contribution in [1.82, 2.24) is 15.5 Å². The average Bonchev–Trinajstić information content (AvgIpc) is 3.12. The molecular formula is C20H41IN4O2. The van der Waals surface area contributed by atoms with Crippen LogP contribution in [0.3, 0.4) is 0 Å². The first-order valence-electron chi connectivity index (χ1n) is 10.6. The van der Waals surface area contributed by atoms with Gasteiger partial charge in [-0.1, -0.05) is 13.8 Å². The second-order valence-electron chi connectivity index (χ2n) is 8.02. The van der Waals surface area contributed by atoms with Crippen LogP contribution in [0, 0.1) is 11.8 Å². The molecule has 2 aliphatic heterocycles. The van der Waals surface area contributed by atoms with Gasteiger partial charge in [-0.05, 0) is 51.0 Å². The van der Waals surface area contributed by atoms with Crippen LogP contribution in [0.1, 0.15) is 46.5 Å². The molecule has 2 rings (SSSR count). The first-order chi connectivity index (χ1) is 12.7. The fourth-order valence-corrected chi connectivity index (χ4v) is 3.72. The van der Waals surface area contributed by atoms with Crippen LogP contribution in [0.5, 0.6) is 0 Å². The third-order valence-electron chi connectivity index (χ3n) is 4.93. The number of halogens is 1. The average molecular weight is 496 g/mol. The lowest BCUT2D eigenvalue weighted by molar-refractivity contribution is 0.0420. The number of nitrogens with one attached hydrogen (secondary N) is 2. The van der Waals surface area contributed by atoms with Crippen LogP contribution in [-0.4, -0.2) is 76.1 Å². The molecule has 2 saturated heterocycles. The van der Waals surface area contributed by atoms with Gasteiger partial charge in [-0.2, -0.15) is 0 Å². The maximum atomic E-state index is 5.81. The maximum absolute atomic E-state index is 5.81. The number of hydrogen-bond acceptors (Lipinski definition) is 4. The summed E-state index contributed by atoms with van der Waals surface area (Å²) >= 11 is 0. The van der Waals surface area contributed by atoms with Crippen LogP contribution in [-0.2, 0) is 9.47 Å². The smallest absolute Gasteiger partial charge is 0.191 e. The molecule has 0 aromatic carbocycles. The summed E-state index contributed by atoms with van der Waals surface area (Å²) < 4.78 is 11.1. The van der Waals surface area contributed by atoms with Crippen molar-refractivity contribution in [3.8, 4) is 0 Å². The number of ether oxygens (including phenoxy) is 2. The molecule has 2 heterocycles. The monoisotopic (exact) mass is 496 g/mol. The molecule has 2 unspecified atom stereocenters. The summed E-state index contributed by atoms with van der Waals surface area (Å²) in [5, 5.41) is 6.81. The molecule has 2 N–H and O–H groups in total. The molecular weight excluding hydrogens is 455 g/mol. The van der Waals surface area contributed by atoms with E-state index in [4.69, 9.17) is 14.5 Å². The molecule has 0 aromatic rings. The summed E-state index contributed by atoms with van der Waals surface area (Å²) in [7, 11) is 0. The summed E-state index contributed by atoms with van der Waals surface area (Å²) in [5.41, 5.74) is 0. The van der Waals surface area contributed by atoms with Crippen LogP contribution in [0.25, 0.3) is 0 Å². The Labute approximate surface area is 183 Å². The molecule has 0 radical (unpaired) electrons. The van der Waals surface area contributed by atoms with Gasteiger partial charge in [0.1, 0.15) is 0 Å². The second kappa shape index (κ2) is 14.8. The molecule has 0 spiro atoms. The minimum atomic E-state index is 0. The van der Waals surface area contributed by atoms with Crippen LogP contribution in [0.2, 0.25) is 0 Å². The molecule has 2 aliphatic rings. The van der Waals surface area contributed by atoms with Gasteiger partial charge in [0.05, 0.1) is 12.7 Å². The summed E-state index contributed by atoms with van der Waals surface area (Å²) in [6, 6.07) is 0. The van der Waals surface area contributed by atoms with Crippen molar-refractivity contribution < 1.29 is 9.47 Å². The Morgan fingerprint density at radius 1 is 1.30 bits per heavy atom. The van der Waals surface area contributed by atoms with E-state index in [0.29, 0.717) is 12.0 Å². The predicted octanol–water partition coefficient (Wildman–Crippen LogP) is 2.72. The number of aliphatic imine (C=N–C) groups is 1. The van der Waals surface area contributed by atoms with E-state index in [1.807, 2.05) is 0 Å².